The van der Waals surface area contributed by atoms with Gasteiger partial charge in [0, 0.05) is 37.3 Å². The quantitative estimate of drug-likeness (QED) is 0.764. The van der Waals surface area contributed by atoms with Gasteiger partial charge in [-0.2, -0.15) is 0 Å². The Morgan fingerprint density at radius 1 is 1.07 bits per heavy atom. The Morgan fingerprint density at radius 3 is 2.63 bits per heavy atom. The fraction of sp³-hybridized carbons (Fsp3) is 0.333. The summed E-state index contributed by atoms with van der Waals surface area (Å²) in [6.07, 6.45) is 1.55. The zero-order valence-electron chi connectivity index (χ0n) is 15.5. The molecule has 144 valence electrons. The Bertz CT molecular complexity index is 795. The number of nitrogens with zero attached hydrogens (tertiary/aromatic N) is 1. The van der Waals surface area contributed by atoms with Crippen LogP contribution in [0.2, 0.25) is 0 Å². The van der Waals surface area contributed by atoms with Crippen LogP contribution in [0, 0.1) is 0 Å². The van der Waals surface area contributed by atoms with E-state index in [9.17, 15) is 9.59 Å². The van der Waals surface area contributed by atoms with E-state index in [2.05, 4.69) is 17.6 Å². The lowest BCUT2D eigenvalue weighted by Gasteiger charge is -2.29. The van der Waals surface area contributed by atoms with Gasteiger partial charge in [0.2, 0.25) is 11.8 Å². The highest BCUT2D eigenvalue weighted by molar-refractivity contribution is 5.98. The second-order valence-electron chi connectivity index (χ2n) is 6.41. The van der Waals surface area contributed by atoms with E-state index in [1.54, 1.807) is 4.90 Å². The predicted octanol–water partition coefficient (Wildman–Crippen LogP) is 3.53. The first kappa shape index (κ1) is 20.9. The second kappa shape index (κ2) is 10.1. The lowest BCUT2D eigenvalue weighted by Crippen LogP contribution is -2.37. The molecule has 0 saturated heterocycles. The van der Waals surface area contributed by atoms with Crippen LogP contribution in [0.1, 0.15) is 30.9 Å². The summed E-state index contributed by atoms with van der Waals surface area (Å²) in [7, 11) is 0. The highest BCUT2D eigenvalue weighted by Crippen LogP contribution is 2.27. The molecule has 6 heteroatoms. The maximum absolute atomic E-state index is 12.4. The van der Waals surface area contributed by atoms with E-state index in [0.29, 0.717) is 19.5 Å². The third kappa shape index (κ3) is 5.31. The van der Waals surface area contributed by atoms with Crippen LogP contribution in [0.3, 0.4) is 0 Å². The number of carbonyl (C=O) groups is 2. The van der Waals surface area contributed by atoms with Gasteiger partial charge in [-0.25, -0.2) is 0 Å². The summed E-state index contributed by atoms with van der Waals surface area (Å²) < 4.78 is 0. The van der Waals surface area contributed by atoms with Crippen LogP contribution < -0.4 is 15.5 Å². The summed E-state index contributed by atoms with van der Waals surface area (Å²) in [6.45, 7) is 4.04. The maximum Gasteiger partial charge on any atom is 0.227 e. The normalized spacial score (nSPS) is 12.9. The lowest BCUT2D eigenvalue weighted by atomic mass is 10.0. The van der Waals surface area contributed by atoms with E-state index in [1.807, 2.05) is 48.5 Å². The molecule has 0 atom stereocenters. The van der Waals surface area contributed by atoms with Gasteiger partial charge in [0.25, 0.3) is 0 Å². The predicted molar refractivity (Wildman–Crippen MR) is 111 cm³/mol. The average Bonchev–Trinajstić information content (AvgIpc) is 2.66. The Kier molecular flexibility index (Phi) is 7.82. The zero-order valence-corrected chi connectivity index (χ0v) is 16.3. The van der Waals surface area contributed by atoms with Gasteiger partial charge in [-0.3, -0.25) is 9.59 Å². The molecule has 1 aliphatic rings. The number of amides is 2. The molecule has 1 aliphatic heterocycles. The van der Waals surface area contributed by atoms with Gasteiger partial charge in [0.15, 0.2) is 0 Å². The number of carbonyl (C=O) groups excluding carboxylic acids is 2. The van der Waals surface area contributed by atoms with Crippen molar-refractivity contribution in [2.75, 3.05) is 23.3 Å². The van der Waals surface area contributed by atoms with Crippen molar-refractivity contribution >= 4 is 35.6 Å². The van der Waals surface area contributed by atoms with Crippen molar-refractivity contribution < 1.29 is 9.59 Å². The Labute approximate surface area is 166 Å². The van der Waals surface area contributed by atoms with Gasteiger partial charge in [-0.1, -0.05) is 43.3 Å². The summed E-state index contributed by atoms with van der Waals surface area (Å²) in [4.78, 5) is 26.5. The molecule has 0 unspecified atom stereocenters. The van der Waals surface area contributed by atoms with Crippen molar-refractivity contribution in [3.8, 4) is 0 Å². The van der Waals surface area contributed by atoms with Crippen molar-refractivity contribution in [3.05, 3.63) is 59.7 Å². The Hall–Kier alpha value is -2.37. The SMILES string of the molecule is CCNCc1ccccc1NC(=O)CCN1C(=O)CCc2ccccc21.Cl. The van der Waals surface area contributed by atoms with Crippen molar-refractivity contribution in [3.63, 3.8) is 0 Å². The molecule has 1 heterocycles. The fourth-order valence-corrected chi connectivity index (χ4v) is 3.22. The van der Waals surface area contributed by atoms with Gasteiger partial charge >= 0.3 is 0 Å². The van der Waals surface area contributed by atoms with Crippen molar-refractivity contribution in [1.29, 1.82) is 0 Å². The molecular formula is C21H26ClN3O2. The Morgan fingerprint density at radius 2 is 1.81 bits per heavy atom. The molecule has 27 heavy (non-hydrogen) atoms. The fourth-order valence-electron chi connectivity index (χ4n) is 3.22. The summed E-state index contributed by atoms with van der Waals surface area (Å²) in [5, 5.41) is 6.26. The maximum atomic E-state index is 12.4. The van der Waals surface area contributed by atoms with E-state index in [0.717, 1.165) is 29.9 Å². The molecule has 0 aromatic heterocycles. The van der Waals surface area contributed by atoms with Gasteiger partial charge in [0.05, 0.1) is 0 Å². The van der Waals surface area contributed by atoms with E-state index >= 15 is 0 Å². The number of hydrogen-bond donors (Lipinski definition) is 2. The number of halogens is 1. The summed E-state index contributed by atoms with van der Waals surface area (Å²) >= 11 is 0. The van der Waals surface area contributed by atoms with E-state index in [1.165, 1.54) is 5.56 Å². The van der Waals surface area contributed by atoms with Gasteiger partial charge in [-0.15, -0.1) is 12.4 Å². The first-order valence-electron chi connectivity index (χ1n) is 9.15. The van der Waals surface area contributed by atoms with Crippen molar-refractivity contribution in [1.82, 2.24) is 5.32 Å². The van der Waals surface area contributed by atoms with E-state index < -0.39 is 0 Å². The van der Waals surface area contributed by atoms with Crippen LogP contribution >= 0.6 is 12.4 Å². The minimum atomic E-state index is -0.0789. The number of para-hydroxylation sites is 2. The van der Waals surface area contributed by atoms with E-state index in [4.69, 9.17) is 0 Å². The molecule has 5 nitrogen and oxygen atoms in total. The number of anilines is 2. The highest BCUT2D eigenvalue weighted by Gasteiger charge is 2.24. The number of fused-ring (bicyclic) bond motifs is 1. The number of nitrogens with one attached hydrogen (secondary N) is 2. The van der Waals surface area contributed by atoms with Gasteiger partial charge in [0.1, 0.15) is 0 Å². The molecular weight excluding hydrogens is 362 g/mol. The number of benzene rings is 2. The molecule has 2 aromatic rings. The van der Waals surface area contributed by atoms with Crippen LogP contribution in [0.5, 0.6) is 0 Å². The third-order valence-corrected chi connectivity index (χ3v) is 4.61. The van der Waals surface area contributed by atoms with Crippen molar-refractivity contribution in [2.24, 2.45) is 0 Å². The summed E-state index contributed by atoms with van der Waals surface area (Å²) in [5.41, 5.74) is 3.98. The average molecular weight is 388 g/mol. The smallest absolute Gasteiger partial charge is 0.227 e. The third-order valence-electron chi connectivity index (χ3n) is 4.61. The molecule has 0 radical (unpaired) electrons. The molecule has 0 fully saturated rings. The standard InChI is InChI=1S/C21H25N3O2.ClH/c1-2-22-15-17-8-3-5-9-18(17)23-20(25)13-14-24-19-10-6-4-7-16(19)11-12-21(24)26;/h3-10,22H,2,11-15H2,1H3,(H,23,25);1H. The van der Waals surface area contributed by atoms with Crippen molar-refractivity contribution in [2.45, 2.75) is 32.7 Å². The first-order valence-corrected chi connectivity index (χ1v) is 9.15. The number of hydrogen-bond acceptors (Lipinski definition) is 3. The molecule has 3 rings (SSSR count). The van der Waals surface area contributed by atoms with Crippen LogP contribution in [0.15, 0.2) is 48.5 Å². The summed E-state index contributed by atoms with van der Waals surface area (Å²) in [6, 6.07) is 15.7. The van der Waals surface area contributed by atoms with Crippen LogP contribution in [-0.4, -0.2) is 24.9 Å². The molecule has 0 bridgehead atoms. The highest BCUT2D eigenvalue weighted by atomic mass is 35.5. The monoisotopic (exact) mass is 387 g/mol. The molecule has 0 spiro atoms. The molecule has 2 amide bonds. The van der Waals surface area contributed by atoms with Gasteiger partial charge < -0.3 is 15.5 Å². The second-order valence-corrected chi connectivity index (χ2v) is 6.41. The van der Waals surface area contributed by atoms with Crippen LogP contribution in [-0.2, 0) is 22.6 Å². The topological polar surface area (TPSA) is 61.4 Å². The molecule has 0 aliphatic carbocycles. The lowest BCUT2D eigenvalue weighted by molar-refractivity contribution is -0.119. The first-order chi connectivity index (χ1) is 12.7. The largest absolute Gasteiger partial charge is 0.326 e. The summed E-state index contributed by atoms with van der Waals surface area (Å²) in [5.74, 6) is 0.00819. The zero-order chi connectivity index (χ0) is 18.4. The number of aryl methyl sites for hydroxylation is 1. The molecule has 0 saturated carbocycles. The van der Waals surface area contributed by atoms with Crippen LogP contribution in [0.4, 0.5) is 11.4 Å². The molecule has 2 N–H and O–H groups in total. The minimum absolute atomic E-state index is 0. The van der Waals surface area contributed by atoms with Crippen LogP contribution in [0.25, 0.3) is 0 Å². The minimum Gasteiger partial charge on any atom is -0.326 e. The van der Waals surface area contributed by atoms with Gasteiger partial charge in [-0.05, 0) is 36.2 Å². The van der Waals surface area contributed by atoms with E-state index in [-0.39, 0.29) is 30.6 Å². The Balaban J connectivity index is 0.00000261. The number of rotatable bonds is 7. The molecule has 2 aromatic carbocycles.